The summed E-state index contributed by atoms with van der Waals surface area (Å²) >= 11 is 0. The molecule has 4 heteroatoms. The second-order valence-corrected chi connectivity index (χ2v) is 4.23. The van der Waals surface area contributed by atoms with E-state index in [1.54, 1.807) is 7.11 Å². The first kappa shape index (κ1) is 13.2. The summed E-state index contributed by atoms with van der Waals surface area (Å²) < 4.78 is 7.08. The van der Waals surface area contributed by atoms with Gasteiger partial charge in [0, 0.05) is 25.8 Å². The largest absolute Gasteiger partial charge is 0.393 e. The molecule has 0 aliphatic carbocycles. The minimum absolute atomic E-state index is 0.0918. The van der Waals surface area contributed by atoms with Gasteiger partial charge in [-0.05, 0) is 33.3 Å². The molecule has 0 amide bonds. The van der Waals surface area contributed by atoms with Crippen LogP contribution in [-0.2, 0) is 17.7 Å². The molecule has 1 rings (SSSR count). The Bertz CT molecular complexity index is 323. The topological polar surface area (TPSA) is 47.3 Å². The van der Waals surface area contributed by atoms with E-state index in [4.69, 9.17) is 4.74 Å². The Morgan fingerprint density at radius 1 is 1.56 bits per heavy atom. The molecule has 0 aliphatic heterocycles. The second-order valence-electron chi connectivity index (χ2n) is 4.23. The van der Waals surface area contributed by atoms with Crippen LogP contribution in [0.5, 0.6) is 0 Å². The van der Waals surface area contributed by atoms with E-state index >= 15 is 0 Å². The molecule has 2 unspecified atom stereocenters. The fourth-order valence-electron chi connectivity index (χ4n) is 1.84. The Morgan fingerprint density at radius 3 is 2.81 bits per heavy atom. The molecule has 4 nitrogen and oxygen atoms in total. The maximum atomic E-state index is 9.91. The molecule has 0 fully saturated rings. The van der Waals surface area contributed by atoms with Crippen molar-refractivity contribution in [3.8, 4) is 0 Å². The lowest BCUT2D eigenvalue weighted by Crippen LogP contribution is -2.20. The van der Waals surface area contributed by atoms with E-state index in [9.17, 15) is 5.11 Å². The molecule has 1 N–H and O–H groups in total. The number of hydrogen-bond acceptors (Lipinski definition) is 3. The van der Waals surface area contributed by atoms with Crippen LogP contribution >= 0.6 is 0 Å². The van der Waals surface area contributed by atoms with Crippen LogP contribution in [0, 0.1) is 6.92 Å². The van der Waals surface area contributed by atoms with E-state index in [0.717, 1.165) is 17.9 Å². The summed E-state index contributed by atoms with van der Waals surface area (Å²) in [6.45, 7) is 6.83. The Kier molecular flexibility index (Phi) is 4.96. The van der Waals surface area contributed by atoms with Crippen molar-refractivity contribution in [2.24, 2.45) is 0 Å². The molecule has 0 aromatic carbocycles. The third kappa shape index (κ3) is 3.61. The van der Waals surface area contributed by atoms with E-state index in [2.05, 4.69) is 12.0 Å². The first-order chi connectivity index (χ1) is 7.56. The summed E-state index contributed by atoms with van der Waals surface area (Å²) in [5.74, 6) is 0. The zero-order valence-corrected chi connectivity index (χ0v) is 10.6. The van der Waals surface area contributed by atoms with Gasteiger partial charge in [-0.1, -0.05) is 0 Å². The number of aliphatic hydroxyl groups excluding tert-OH is 1. The fraction of sp³-hybridized carbons (Fsp3) is 0.750. The zero-order valence-electron chi connectivity index (χ0n) is 10.6. The third-order valence-corrected chi connectivity index (χ3v) is 2.74. The van der Waals surface area contributed by atoms with Gasteiger partial charge in [0.1, 0.15) is 0 Å². The summed E-state index contributed by atoms with van der Waals surface area (Å²) in [6, 6.07) is 2.03. The van der Waals surface area contributed by atoms with Crippen molar-refractivity contribution in [1.82, 2.24) is 9.78 Å². The van der Waals surface area contributed by atoms with Gasteiger partial charge in [-0.3, -0.25) is 4.68 Å². The van der Waals surface area contributed by atoms with Gasteiger partial charge in [0.15, 0.2) is 0 Å². The van der Waals surface area contributed by atoms with Crippen molar-refractivity contribution in [3.05, 3.63) is 17.5 Å². The molecule has 0 spiro atoms. The van der Waals surface area contributed by atoms with Crippen LogP contribution < -0.4 is 0 Å². The van der Waals surface area contributed by atoms with Gasteiger partial charge >= 0.3 is 0 Å². The molecule has 16 heavy (non-hydrogen) atoms. The van der Waals surface area contributed by atoms with Gasteiger partial charge in [0.2, 0.25) is 0 Å². The van der Waals surface area contributed by atoms with Crippen LogP contribution in [0.25, 0.3) is 0 Å². The number of nitrogens with zero attached hydrogens (tertiary/aromatic N) is 2. The summed E-state index contributed by atoms with van der Waals surface area (Å²) in [7, 11) is 1.66. The van der Waals surface area contributed by atoms with Gasteiger partial charge in [-0.2, -0.15) is 5.10 Å². The van der Waals surface area contributed by atoms with E-state index in [-0.39, 0.29) is 12.2 Å². The van der Waals surface area contributed by atoms with Gasteiger partial charge in [-0.25, -0.2) is 0 Å². The predicted octanol–water partition coefficient (Wildman–Crippen LogP) is 1.54. The number of ether oxygens (including phenoxy) is 1. The molecule has 1 aromatic rings. The monoisotopic (exact) mass is 226 g/mol. The lowest BCUT2D eigenvalue weighted by molar-refractivity contribution is 0.0557. The minimum atomic E-state index is -0.364. The van der Waals surface area contributed by atoms with Crippen LogP contribution in [0.4, 0.5) is 0 Å². The number of rotatable bonds is 6. The molecule has 0 radical (unpaired) electrons. The lowest BCUT2D eigenvalue weighted by atomic mass is 10.1. The molecule has 2 atom stereocenters. The average molecular weight is 226 g/mol. The quantitative estimate of drug-likeness (QED) is 0.800. The molecule has 1 aromatic heterocycles. The smallest absolute Gasteiger partial charge is 0.0620 e. The van der Waals surface area contributed by atoms with Gasteiger partial charge in [0.25, 0.3) is 0 Å². The average Bonchev–Trinajstić information content (AvgIpc) is 2.58. The molecule has 0 saturated heterocycles. The van der Waals surface area contributed by atoms with Crippen LogP contribution in [0.2, 0.25) is 0 Å². The molecule has 1 heterocycles. The number of aliphatic hydroxyl groups is 1. The summed E-state index contributed by atoms with van der Waals surface area (Å²) in [5, 5.41) is 14.3. The highest BCUT2D eigenvalue weighted by molar-refractivity contribution is 5.09. The second kappa shape index (κ2) is 6.01. The van der Waals surface area contributed by atoms with Crippen LogP contribution in [0.3, 0.4) is 0 Å². The number of hydrogen-bond donors (Lipinski definition) is 1. The molecular formula is C12H22N2O2. The van der Waals surface area contributed by atoms with Crippen LogP contribution in [0.15, 0.2) is 6.07 Å². The van der Waals surface area contributed by atoms with Crippen molar-refractivity contribution in [1.29, 1.82) is 0 Å². The molecular weight excluding hydrogens is 204 g/mol. The normalized spacial score (nSPS) is 15.1. The van der Waals surface area contributed by atoms with Gasteiger partial charge in [-0.15, -0.1) is 0 Å². The van der Waals surface area contributed by atoms with E-state index in [0.29, 0.717) is 12.8 Å². The van der Waals surface area contributed by atoms with E-state index in [1.807, 2.05) is 24.6 Å². The molecule has 92 valence electrons. The van der Waals surface area contributed by atoms with Crippen molar-refractivity contribution in [3.63, 3.8) is 0 Å². The highest BCUT2D eigenvalue weighted by Gasteiger charge is 2.13. The maximum absolute atomic E-state index is 9.91. The summed E-state index contributed by atoms with van der Waals surface area (Å²) in [6.07, 6.45) is 1.03. The molecule has 0 bridgehead atoms. The van der Waals surface area contributed by atoms with Crippen molar-refractivity contribution in [2.75, 3.05) is 7.11 Å². The van der Waals surface area contributed by atoms with E-state index in [1.165, 1.54) is 0 Å². The SMILES string of the molecule is CCn1nc(C)cc1CC(O)CC(C)OC. The molecule has 0 aliphatic rings. The predicted molar refractivity (Wildman–Crippen MR) is 63.4 cm³/mol. The first-order valence-electron chi connectivity index (χ1n) is 5.81. The lowest BCUT2D eigenvalue weighted by Gasteiger charge is -2.15. The summed E-state index contributed by atoms with van der Waals surface area (Å²) in [5.41, 5.74) is 2.10. The van der Waals surface area contributed by atoms with Gasteiger partial charge < -0.3 is 9.84 Å². The zero-order chi connectivity index (χ0) is 12.1. The van der Waals surface area contributed by atoms with Crippen molar-refractivity contribution in [2.45, 2.75) is 52.4 Å². The molecule has 0 saturated carbocycles. The Hall–Kier alpha value is -0.870. The standard InChI is InChI=1S/C12H22N2O2/c1-5-14-11(6-9(2)13-14)8-12(15)7-10(3)16-4/h6,10,12,15H,5,7-8H2,1-4H3. The Labute approximate surface area is 97.2 Å². The number of aryl methyl sites for hydroxylation is 2. The highest BCUT2D eigenvalue weighted by atomic mass is 16.5. The summed E-state index contributed by atoms with van der Waals surface area (Å²) in [4.78, 5) is 0. The number of methoxy groups -OCH3 is 1. The maximum Gasteiger partial charge on any atom is 0.0620 e. The highest BCUT2D eigenvalue weighted by Crippen LogP contribution is 2.11. The first-order valence-corrected chi connectivity index (χ1v) is 5.81. The fourth-order valence-corrected chi connectivity index (χ4v) is 1.84. The number of aromatic nitrogens is 2. The van der Waals surface area contributed by atoms with Crippen LogP contribution in [-0.4, -0.2) is 34.2 Å². The van der Waals surface area contributed by atoms with Crippen LogP contribution in [0.1, 0.15) is 31.7 Å². The Balaban J connectivity index is 2.58. The van der Waals surface area contributed by atoms with Gasteiger partial charge in [0.05, 0.1) is 17.9 Å². The Morgan fingerprint density at radius 2 is 2.25 bits per heavy atom. The van der Waals surface area contributed by atoms with Crippen molar-refractivity contribution >= 4 is 0 Å². The van der Waals surface area contributed by atoms with E-state index < -0.39 is 0 Å². The van der Waals surface area contributed by atoms with Crippen molar-refractivity contribution < 1.29 is 9.84 Å². The minimum Gasteiger partial charge on any atom is -0.393 e. The third-order valence-electron chi connectivity index (χ3n) is 2.74.